The van der Waals surface area contributed by atoms with Gasteiger partial charge in [-0.1, -0.05) is 334 Å². The van der Waals surface area contributed by atoms with E-state index in [0.717, 1.165) is 77.0 Å². The second kappa shape index (κ2) is 63.4. The van der Waals surface area contributed by atoms with Crippen LogP contribution in [0.3, 0.4) is 0 Å². The number of carbonyl (C=O) groups excluding carboxylic acids is 3. The van der Waals surface area contributed by atoms with Gasteiger partial charge < -0.3 is 14.2 Å². The van der Waals surface area contributed by atoms with E-state index in [1.54, 1.807) is 0 Å². The Labute approximate surface area is 462 Å². The van der Waals surface area contributed by atoms with E-state index in [9.17, 15) is 14.4 Å². The molecule has 0 aromatic heterocycles. The van der Waals surface area contributed by atoms with Crippen molar-refractivity contribution in [2.24, 2.45) is 0 Å². The van der Waals surface area contributed by atoms with E-state index in [1.165, 1.54) is 257 Å². The van der Waals surface area contributed by atoms with Gasteiger partial charge in [0.2, 0.25) is 0 Å². The number of hydrogen-bond donors (Lipinski definition) is 0. The molecule has 74 heavy (non-hydrogen) atoms. The lowest BCUT2D eigenvalue weighted by Crippen LogP contribution is -2.30. The third kappa shape index (κ3) is 60.8. The molecule has 0 aliphatic heterocycles. The molecule has 0 spiro atoms. The Morgan fingerprint density at radius 3 is 0.784 bits per heavy atom. The summed E-state index contributed by atoms with van der Waals surface area (Å²) < 4.78 is 17.0. The van der Waals surface area contributed by atoms with Crippen LogP contribution < -0.4 is 0 Å². The van der Waals surface area contributed by atoms with Crippen molar-refractivity contribution in [3.05, 3.63) is 24.3 Å². The Kier molecular flexibility index (Phi) is 61.6. The summed E-state index contributed by atoms with van der Waals surface area (Å²) in [6.07, 6.45) is 76.2. The van der Waals surface area contributed by atoms with Crippen molar-refractivity contribution in [2.75, 3.05) is 13.2 Å². The summed E-state index contributed by atoms with van der Waals surface area (Å²) in [6, 6.07) is 0. The molecule has 6 nitrogen and oxygen atoms in total. The zero-order valence-electron chi connectivity index (χ0n) is 50.1. The van der Waals surface area contributed by atoms with Gasteiger partial charge in [-0.15, -0.1) is 0 Å². The van der Waals surface area contributed by atoms with Crippen LogP contribution in [0, 0.1) is 0 Å². The molecular formula is C68H128O6. The van der Waals surface area contributed by atoms with Crippen LogP contribution in [-0.2, 0) is 28.6 Å². The van der Waals surface area contributed by atoms with Crippen molar-refractivity contribution < 1.29 is 28.6 Å². The Hall–Kier alpha value is -2.11. The van der Waals surface area contributed by atoms with Gasteiger partial charge in [0.1, 0.15) is 13.2 Å². The van der Waals surface area contributed by atoms with Crippen molar-refractivity contribution in [3.63, 3.8) is 0 Å². The second-order valence-electron chi connectivity index (χ2n) is 22.7. The monoisotopic (exact) mass is 1040 g/mol. The summed E-state index contributed by atoms with van der Waals surface area (Å²) in [5.74, 6) is -0.854. The highest BCUT2D eigenvalue weighted by Gasteiger charge is 2.19. The van der Waals surface area contributed by atoms with E-state index in [2.05, 4.69) is 45.1 Å². The van der Waals surface area contributed by atoms with E-state index >= 15 is 0 Å². The molecule has 0 rings (SSSR count). The van der Waals surface area contributed by atoms with Gasteiger partial charge in [-0.3, -0.25) is 14.4 Å². The summed E-state index contributed by atoms with van der Waals surface area (Å²) >= 11 is 0. The highest BCUT2D eigenvalue weighted by atomic mass is 16.6. The van der Waals surface area contributed by atoms with E-state index in [4.69, 9.17) is 14.2 Å². The predicted molar refractivity (Wildman–Crippen MR) is 321 cm³/mol. The molecule has 0 heterocycles. The minimum Gasteiger partial charge on any atom is -0.462 e. The molecule has 0 aliphatic rings. The quantitative estimate of drug-likeness (QED) is 0.0261. The standard InChI is InChI=1S/C68H128O6/c1-4-7-10-13-16-19-22-25-28-30-32-34-36-38-40-43-46-49-52-55-58-61-67(70)73-64-65(63-72-66(69)60-57-54-51-48-45-42-27-24-21-18-15-12-9-6-3)74-68(71)62-59-56-53-50-47-44-41-39-37-35-33-31-29-26-23-20-17-14-11-8-5-2/h15,18,24,27,65H,4-14,16-17,19-23,25-26,28-64H2,1-3H3/b18-15-,27-24-. The van der Waals surface area contributed by atoms with Gasteiger partial charge in [0.05, 0.1) is 0 Å². The van der Waals surface area contributed by atoms with Crippen LogP contribution in [0.5, 0.6) is 0 Å². The first kappa shape index (κ1) is 71.9. The van der Waals surface area contributed by atoms with Crippen LogP contribution in [0.2, 0.25) is 0 Å². The molecule has 0 aliphatic carbocycles. The van der Waals surface area contributed by atoms with Crippen LogP contribution in [0.15, 0.2) is 24.3 Å². The van der Waals surface area contributed by atoms with Gasteiger partial charge in [-0.25, -0.2) is 0 Å². The zero-order chi connectivity index (χ0) is 53.6. The first-order valence-corrected chi connectivity index (χ1v) is 33.3. The van der Waals surface area contributed by atoms with Crippen LogP contribution in [0.1, 0.15) is 374 Å². The summed E-state index contributed by atoms with van der Waals surface area (Å²) in [7, 11) is 0. The maximum Gasteiger partial charge on any atom is 0.306 e. The number of unbranched alkanes of at least 4 members (excludes halogenated alkanes) is 47. The topological polar surface area (TPSA) is 78.9 Å². The molecule has 1 unspecified atom stereocenters. The van der Waals surface area contributed by atoms with Crippen molar-refractivity contribution in [3.8, 4) is 0 Å². The van der Waals surface area contributed by atoms with Gasteiger partial charge in [-0.05, 0) is 44.9 Å². The largest absolute Gasteiger partial charge is 0.462 e. The lowest BCUT2D eigenvalue weighted by Gasteiger charge is -2.18. The van der Waals surface area contributed by atoms with Gasteiger partial charge in [0.25, 0.3) is 0 Å². The summed E-state index contributed by atoms with van der Waals surface area (Å²) in [5.41, 5.74) is 0. The van der Waals surface area contributed by atoms with Gasteiger partial charge >= 0.3 is 17.9 Å². The highest BCUT2D eigenvalue weighted by molar-refractivity contribution is 5.71. The van der Waals surface area contributed by atoms with Crippen molar-refractivity contribution in [2.45, 2.75) is 380 Å². The van der Waals surface area contributed by atoms with Crippen LogP contribution >= 0.6 is 0 Å². The highest BCUT2D eigenvalue weighted by Crippen LogP contribution is 2.18. The molecule has 0 saturated carbocycles. The summed E-state index contributed by atoms with van der Waals surface area (Å²) in [6.45, 7) is 6.67. The molecule has 0 aromatic carbocycles. The number of hydrogen-bond acceptors (Lipinski definition) is 6. The summed E-state index contributed by atoms with van der Waals surface area (Å²) in [5, 5.41) is 0. The van der Waals surface area contributed by atoms with E-state index in [-0.39, 0.29) is 31.1 Å². The molecule has 0 amide bonds. The van der Waals surface area contributed by atoms with E-state index in [1.807, 2.05) is 0 Å². The van der Waals surface area contributed by atoms with Crippen molar-refractivity contribution in [1.29, 1.82) is 0 Å². The SMILES string of the molecule is CCCC/C=C\C/C=C\CCCCCCCC(=O)OCC(COC(=O)CCCCCCCCCCCCCCCCCCCCCCC)OC(=O)CCCCCCCCCCCCCCCCCCCCCCC. The average Bonchev–Trinajstić information content (AvgIpc) is 3.40. The Morgan fingerprint density at radius 1 is 0.270 bits per heavy atom. The lowest BCUT2D eigenvalue weighted by molar-refractivity contribution is -0.167. The number of carbonyl (C=O) groups is 3. The van der Waals surface area contributed by atoms with Crippen molar-refractivity contribution in [1.82, 2.24) is 0 Å². The first-order chi connectivity index (χ1) is 36.5. The molecule has 0 radical (unpaired) electrons. The van der Waals surface area contributed by atoms with Gasteiger partial charge in [0, 0.05) is 19.3 Å². The van der Waals surface area contributed by atoms with Crippen LogP contribution in [0.4, 0.5) is 0 Å². The first-order valence-electron chi connectivity index (χ1n) is 33.3. The third-order valence-electron chi connectivity index (χ3n) is 15.2. The number of esters is 3. The molecule has 436 valence electrons. The fraction of sp³-hybridized carbons (Fsp3) is 0.897. The molecular weight excluding hydrogens is 913 g/mol. The van der Waals surface area contributed by atoms with E-state index in [0.29, 0.717) is 19.3 Å². The smallest absolute Gasteiger partial charge is 0.306 e. The number of allylic oxidation sites excluding steroid dienone is 4. The van der Waals surface area contributed by atoms with Crippen LogP contribution in [0.25, 0.3) is 0 Å². The fourth-order valence-electron chi connectivity index (χ4n) is 10.2. The zero-order valence-corrected chi connectivity index (χ0v) is 50.1. The van der Waals surface area contributed by atoms with Gasteiger partial charge in [-0.2, -0.15) is 0 Å². The third-order valence-corrected chi connectivity index (χ3v) is 15.2. The number of rotatable bonds is 62. The van der Waals surface area contributed by atoms with Crippen LogP contribution in [-0.4, -0.2) is 37.2 Å². The van der Waals surface area contributed by atoms with E-state index < -0.39 is 6.10 Å². The molecule has 0 bridgehead atoms. The molecule has 0 fully saturated rings. The van der Waals surface area contributed by atoms with Crippen molar-refractivity contribution >= 4 is 17.9 Å². The summed E-state index contributed by atoms with van der Waals surface area (Å²) in [4.78, 5) is 38.3. The molecule has 1 atom stereocenters. The molecule has 0 saturated heterocycles. The van der Waals surface area contributed by atoms with Gasteiger partial charge in [0.15, 0.2) is 6.10 Å². The lowest BCUT2D eigenvalue weighted by atomic mass is 10.0. The Balaban J connectivity index is 4.27. The Morgan fingerprint density at radius 2 is 0.500 bits per heavy atom. The number of ether oxygens (including phenoxy) is 3. The minimum absolute atomic E-state index is 0.0694. The Bertz CT molecular complexity index is 1190. The predicted octanol–water partition coefficient (Wildman–Crippen LogP) is 22.6. The fourth-order valence-corrected chi connectivity index (χ4v) is 10.2. The normalized spacial score (nSPS) is 12.1. The maximum absolute atomic E-state index is 12.9. The maximum atomic E-state index is 12.9. The average molecular weight is 1040 g/mol. The molecule has 0 N–H and O–H groups in total. The molecule has 0 aromatic rings. The molecule has 6 heteroatoms. The second-order valence-corrected chi connectivity index (χ2v) is 22.7. The minimum atomic E-state index is -0.773.